The van der Waals surface area contributed by atoms with Crippen LogP contribution in [0.2, 0.25) is 0 Å². The van der Waals surface area contributed by atoms with E-state index < -0.39 is 0 Å². The van der Waals surface area contributed by atoms with E-state index in [1.54, 1.807) is 0 Å². The van der Waals surface area contributed by atoms with Gasteiger partial charge in [-0.15, -0.1) is 5.10 Å². The van der Waals surface area contributed by atoms with E-state index in [4.69, 9.17) is 4.74 Å². The van der Waals surface area contributed by atoms with Gasteiger partial charge in [-0.1, -0.05) is 17.2 Å². The van der Waals surface area contributed by atoms with Crippen LogP contribution in [0.3, 0.4) is 0 Å². The third-order valence-electron chi connectivity index (χ3n) is 2.51. The maximum atomic E-state index is 11.5. The second-order valence-corrected chi connectivity index (χ2v) is 3.77. The lowest BCUT2D eigenvalue weighted by molar-refractivity contribution is -0.118. The molecule has 0 saturated carbocycles. The average Bonchev–Trinajstić information content (AvgIpc) is 2.84. The van der Waals surface area contributed by atoms with Gasteiger partial charge in [0.15, 0.2) is 6.61 Å². The summed E-state index contributed by atoms with van der Waals surface area (Å²) in [5.41, 5.74) is 2.14. The Morgan fingerprint density at radius 1 is 1.44 bits per heavy atom. The molecule has 2 rings (SSSR count). The fourth-order valence-electron chi connectivity index (χ4n) is 1.40. The number of hydrogen-bond donors (Lipinski definition) is 2. The van der Waals surface area contributed by atoms with E-state index in [-0.39, 0.29) is 18.5 Å². The summed E-state index contributed by atoms with van der Waals surface area (Å²) >= 11 is 0. The van der Waals surface area contributed by atoms with Crippen molar-refractivity contribution >= 4 is 11.9 Å². The SMILES string of the molecule is Cc1cccc(OCC(=O)Nc2nn[nH]n2)c1C. The molecule has 2 aromatic rings. The van der Waals surface area contributed by atoms with Crippen molar-refractivity contribution in [1.82, 2.24) is 20.6 Å². The first kappa shape index (κ1) is 12.0. The molecule has 0 spiro atoms. The van der Waals surface area contributed by atoms with E-state index in [2.05, 4.69) is 25.9 Å². The average molecular weight is 247 g/mol. The number of aromatic nitrogens is 4. The Balaban J connectivity index is 1.91. The fraction of sp³-hybridized carbons (Fsp3) is 0.273. The minimum Gasteiger partial charge on any atom is -0.483 e. The van der Waals surface area contributed by atoms with E-state index >= 15 is 0 Å². The van der Waals surface area contributed by atoms with Gasteiger partial charge in [-0.3, -0.25) is 10.1 Å². The third kappa shape index (κ3) is 2.82. The van der Waals surface area contributed by atoms with Gasteiger partial charge < -0.3 is 4.74 Å². The van der Waals surface area contributed by atoms with Crippen molar-refractivity contribution in [3.05, 3.63) is 29.3 Å². The molecular weight excluding hydrogens is 234 g/mol. The molecule has 0 saturated heterocycles. The molecule has 1 aromatic carbocycles. The second kappa shape index (κ2) is 5.26. The summed E-state index contributed by atoms with van der Waals surface area (Å²) in [6, 6.07) is 5.69. The zero-order valence-corrected chi connectivity index (χ0v) is 10.1. The molecule has 0 fully saturated rings. The molecule has 0 aliphatic carbocycles. The van der Waals surface area contributed by atoms with Crippen LogP contribution in [0.4, 0.5) is 5.95 Å². The van der Waals surface area contributed by atoms with Crippen molar-refractivity contribution in [1.29, 1.82) is 0 Å². The summed E-state index contributed by atoms with van der Waals surface area (Å²) < 4.78 is 5.43. The lowest BCUT2D eigenvalue weighted by Crippen LogP contribution is -2.21. The molecule has 1 aromatic heterocycles. The number of nitrogens with one attached hydrogen (secondary N) is 2. The fourth-order valence-corrected chi connectivity index (χ4v) is 1.40. The Morgan fingerprint density at radius 2 is 2.28 bits per heavy atom. The van der Waals surface area contributed by atoms with Crippen molar-refractivity contribution in [2.45, 2.75) is 13.8 Å². The molecule has 94 valence electrons. The largest absolute Gasteiger partial charge is 0.483 e. The van der Waals surface area contributed by atoms with Crippen LogP contribution in [0.25, 0.3) is 0 Å². The van der Waals surface area contributed by atoms with Crippen LogP contribution in [-0.2, 0) is 4.79 Å². The number of amides is 1. The minimum atomic E-state index is -0.336. The topological polar surface area (TPSA) is 92.8 Å². The molecule has 0 aliphatic rings. The summed E-state index contributed by atoms with van der Waals surface area (Å²) in [4.78, 5) is 11.5. The Hall–Kier alpha value is -2.44. The molecule has 18 heavy (non-hydrogen) atoms. The predicted octanol–water partition coefficient (Wildman–Crippen LogP) is 0.834. The summed E-state index contributed by atoms with van der Waals surface area (Å²) in [6.45, 7) is 3.84. The zero-order valence-electron chi connectivity index (χ0n) is 10.1. The second-order valence-electron chi connectivity index (χ2n) is 3.77. The molecular formula is C11H13N5O2. The van der Waals surface area contributed by atoms with Crippen molar-refractivity contribution in [2.75, 3.05) is 11.9 Å². The predicted molar refractivity (Wildman–Crippen MR) is 64.2 cm³/mol. The first-order chi connectivity index (χ1) is 8.66. The van der Waals surface area contributed by atoms with E-state index in [9.17, 15) is 4.79 Å². The maximum Gasteiger partial charge on any atom is 0.269 e. The highest BCUT2D eigenvalue weighted by Crippen LogP contribution is 2.20. The minimum absolute atomic E-state index is 0.0984. The summed E-state index contributed by atoms with van der Waals surface area (Å²) in [5.74, 6) is 0.486. The number of hydrogen-bond acceptors (Lipinski definition) is 5. The van der Waals surface area contributed by atoms with Crippen LogP contribution >= 0.6 is 0 Å². The van der Waals surface area contributed by atoms with Crippen LogP contribution < -0.4 is 10.1 Å². The van der Waals surface area contributed by atoms with Gasteiger partial charge in [0.2, 0.25) is 0 Å². The van der Waals surface area contributed by atoms with Gasteiger partial charge in [0, 0.05) is 0 Å². The normalized spacial score (nSPS) is 10.1. The standard InChI is InChI=1S/C11H13N5O2/c1-7-4-3-5-9(8(7)2)18-6-10(17)12-11-13-15-16-14-11/h3-5H,6H2,1-2H3,(H2,12,13,14,15,16,17). The smallest absolute Gasteiger partial charge is 0.269 e. The number of aromatic amines is 1. The van der Waals surface area contributed by atoms with E-state index in [0.717, 1.165) is 11.1 Å². The number of H-pyrrole nitrogens is 1. The van der Waals surface area contributed by atoms with E-state index in [1.165, 1.54) is 0 Å². The highest BCUT2D eigenvalue weighted by atomic mass is 16.5. The lowest BCUT2D eigenvalue weighted by Gasteiger charge is -2.09. The number of ether oxygens (including phenoxy) is 1. The molecule has 1 amide bonds. The quantitative estimate of drug-likeness (QED) is 0.834. The molecule has 0 bridgehead atoms. The Morgan fingerprint density at radius 3 is 3.00 bits per heavy atom. The van der Waals surface area contributed by atoms with Crippen LogP contribution in [0.5, 0.6) is 5.75 Å². The number of rotatable bonds is 4. The van der Waals surface area contributed by atoms with Crippen LogP contribution in [0, 0.1) is 13.8 Å². The number of aryl methyl sites for hydroxylation is 1. The molecule has 0 radical (unpaired) electrons. The first-order valence-corrected chi connectivity index (χ1v) is 5.39. The van der Waals surface area contributed by atoms with Gasteiger partial charge in [-0.2, -0.15) is 5.21 Å². The first-order valence-electron chi connectivity index (χ1n) is 5.39. The summed E-state index contributed by atoms with van der Waals surface area (Å²) in [6.07, 6.45) is 0. The van der Waals surface area contributed by atoms with Crippen LogP contribution in [0.15, 0.2) is 18.2 Å². The summed E-state index contributed by atoms with van der Waals surface area (Å²) in [7, 11) is 0. The highest BCUT2D eigenvalue weighted by Gasteiger charge is 2.08. The summed E-state index contributed by atoms with van der Waals surface area (Å²) in [5, 5.41) is 15.2. The van der Waals surface area contributed by atoms with Gasteiger partial charge >= 0.3 is 0 Å². The Bertz CT molecular complexity index is 538. The number of tetrazole rings is 1. The lowest BCUT2D eigenvalue weighted by atomic mass is 10.1. The molecule has 7 nitrogen and oxygen atoms in total. The monoisotopic (exact) mass is 247 g/mol. The third-order valence-corrected chi connectivity index (χ3v) is 2.51. The van der Waals surface area contributed by atoms with Crippen molar-refractivity contribution in [3.63, 3.8) is 0 Å². The number of carbonyl (C=O) groups is 1. The van der Waals surface area contributed by atoms with Gasteiger partial charge in [-0.25, -0.2) is 0 Å². The number of anilines is 1. The van der Waals surface area contributed by atoms with Gasteiger partial charge in [-0.05, 0) is 36.3 Å². The van der Waals surface area contributed by atoms with Crippen LogP contribution in [0.1, 0.15) is 11.1 Å². The van der Waals surface area contributed by atoms with Crippen LogP contribution in [-0.4, -0.2) is 33.1 Å². The Kier molecular flexibility index (Phi) is 3.52. The molecule has 7 heteroatoms. The van der Waals surface area contributed by atoms with E-state index in [1.807, 2.05) is 32.0 Å². The van der Waals surface area contributed by atoms with Crippen molar-refractivity contribution < 1.29 is 9.53 Å². The van der Waals surface area contributed by atoms with E-state index in [0.29, 0.717) is 5.75 Å². The molecule has 1 heterocycles. The molecule has 2 N–H and O–H groups in total. The van der Waals surface area contributed by atoms with Gasteiger partial charge in [0.25, 0.3) is 11.9 Å². The molecule has 0 aliphatic heterocycles. The highest BCUT2D eigenvalue weighted by molar-refractivity contribution is 5.90. The molecule has 0 atom stereocenters. The number of benzene rings is 1. The van der Waals surface area contributed by atoms with Gasteiger partial charge in [0.1, 0.15) is 5.75 Å². The maximum absolute atomic E-state index is 11.5. The Labute approximate surface area is 104 Å². The number of nitrogens with zero attached hydrogens (tertiary/aromatic N) is 3. The van der Waals surface area contributed by atoms with Gasteiger partial charge in [0.05, 0.1) is 0 Å². The molecule has 0 unspecified atom stereocenters. The van der Waals surface area contributed by atoms with Crippen molar-refractivity contribution in [3.8, 4) is 5.75 Å². The van der Waals surface area contributed by atoms with Crippen molar-refractivity contribution in [2.24, 2.45) is 0 Å². The number of carbonyl (C=O) groups excluding carboxylic acids is 1. The zero-order chi connectivity index (χ0) is 13.0.